The molecule has 2 N–H and O–H groups in total. The van der Waals surface area contributed by atoms with Gasteiger partial charge in [-0.05, 0) is 32.9 Å². The molecule has 0 aliphatic rings. The first-order valence-electron chi connectivity index (χ1n) is 6.85. The van der Waals surface area contributed by atoms with Crippen LogP contribution >= 0.6 is 0 Å². The third-order valence-electron chi connectivity index (χ3n) is 2.95. The first kappa shape index (κ1) is 16.9. The summed E-state index contributed by atoms with van der Waals surface area (Å²) in [5, 5.41) is 23.0. The molecule has 0 aliphatic carbocycles. The van der Waals surface area contributed by atoms with Crippen molar-refractivity contribution < 1.29 is 14.8 Å². The highest BCUT2D eigenvalue weighted by molar-refractivity contribution is 5.95. The fraction of sp³-hybridized carbons (Fsp3) is 0.500. The number of carbonyl (C=O) groups excluding carboxylic acids is 1. The average molecular weight is 295 g/mol. The topological polar surface area (TPSA) is 95.7 Å². The van der Waals surface area contributed by atoms with Gasteiger partial charge in [0.05, 0.1) is 11.5 Å². The number of anilines is 1. The summed E-state index contributed by atoms with van der Waals surface area (Å²) in [6, 6.07) is 4.33. The molecule has 1 amide bonds. The van der Waals surface area contributed by atoms with E-state index in [1.54, 1.807) is 17.0 Å². The molecule has 0 heterocycles. The number of hydrogen-bond acceptors (Lipinski definition) is 5. The van der Waals surface area contributed by atoms with Gasteiger partial charge >= 0.3 is 0 Å². The van der Waals surface area contributed by atoms with Gasteiger partial charge in [0.1, 0.15) is 5.69 Å². The van der Waals surface area contributed by atoms with Crippen molar-refractivity contribution in [3.63, 3.8) is 0 Å². The normalized spacial score (nSPS) is 10.5. The summed E-state index contributed by atoms with van der Waals surface area (Å²) in [4.78, 5) is 24.3. The number of nitro groups is 1. The highest BCUT2D eigenvalue weighted by Gasteiger charge is 2.21. The molecule has 0 aliphatic heterocycles. The van der Waals surface area contributed by atoms with E-state index in [1.165, 1.54) is 6.07 Å². The zero-order valence-electron chi connectivity index (χ0n) is 12.5. The monoisotopic (exact) mass is 295 g/mol. The predicted molar refractivity (Wildman–Crippen MR) is 80.7 cm³/mol. The van der Waals surface area contributed by atoms with E-state index in [0.29, 0.717) is 18.8 Å². The molecule has 0 unspecified atom stereocenters. The van der Waals surface area contributed by atoms with Crippen molar-refractivity contribution in [1.82, 2.24) is 5.32 Å². The predicted octanol–water partition coefficient (Wildman–Crippen LogP) is 1.55. The van der Waals surface area contributed by atoms with Crippen LogP contribution in [-0.4, -0.2) is 41.7 Å². The zero-order valence-corrected chi connectivity index (χ0v) is 12.5. The SMILES string of the molecule is CCN(CCO)c1ccc(C(=O)NC(C)C)cc1[N+](=O)[O-]. The lowest BCUT2D eigenvalue weighted by atomic mass is 10.1. The number of amides is 1. The maximum Gasteiger partial charge on any atom is 0.293 e. The zero-order chi connectivity index (χ0) is 16.0. The molecule has 0 saturated carbocycles. The minimum Gasteiger partial charge on any atom is -0.395 e. The van der Waals surface area contributed by atoms with Gasteiger partial charge in [0, 0.05) is 30.8 Å². The summed E-state index contributed by atoms with van der Waals surface area (Å²) in [5.41, 5.74) is 0.513. The summed E-state index contributed by atoms with van der Waals surface area (Å²) in [7, 11) is 0. The summed E-state index contributed by atoms with van der Waals surface area (Å²) < 4.78 is 0. The molecule has 0 atom stereocenters. The van der Waals surface area contributed by atoms with Crippen LogP contribution in [0.1, 0.15) is 31.1 Å². The third-order valence-corrected chi connectivity index (χ3v) is 2.95. The smallest absolute Gasteiger partial charge is 0.293 e. The molecule has 1 aromatic carbocycles. The maximum absolute atomic E-state index is 11.9. The standard InChI is InChI=1S/C14H21N3O4/c1-4-16(7-8-18)12-6-5-11(9-13(12)17(20)21)14(19)15-10(2)3/h5-6,9-10,18H,4,7-8H2,1-3H3,(H,15,19). The Morgan fingerprint density at radius 1 is 1.48 bits per heavy atom. The number of aliphatic hydroxyl groups is 1. The highest BCUT2D eigenvalue weighted by atomic mass is 16.6. The highest BCUT2D eigenvalue weighted by Crippen LogP contribution is 2.29. The fourth-order valence-electron chi connectivity index (χ4n) is 1.99. The molecule has 7 heteroatoms. The van der Waals surface area contributed by atoms with Crippen molar-refractivity contribution in [1.29, 1.82) is 0 Å². The lowest BCUT2D eigenvalue weighted by molar-refractivity contribution is -0.384. The van der Waals surface area contributed by atoms with Gasteiger partial charge in [-0.15, -0.1) is 0 Å². The molecule has 116 valence electrons. The van der Waals surface area contributed by atoms with E-state index < -0.39 is 4.92 Å². The molecule has 0 saturated heterocycles. The molecule has 7 nitrogen and oxygen atoms in total. The van der Waals surface area contributed by atoms with Gasteiger partial charge in [-0.2, -0.15) is 0 Å². The van der Waals surface area contributed by atoms with Crippen molar-refractivity contribution in [2.45, 2.75) is 26.8 Å². The molecule has 1 aromatic rings. The first-order chi connectivity index (χ1) is 9.90. The molecule has 0 fully saturated rings. The Balaban J connectivity index is 3.18. The Morgan fingerprint density at radius 2 is 2.14 bits per heavy atom. The Bertz CT molecular complexity index is 517. The van der Waals surface area contributed by atoms with E-state index in [4.69, 9.17) is 5.11 Å². The van der Waals surface area contributed by atoms with E-state index in [9.17, 15) is 14.9 Å². The van der Waals surface area contributed by atoms with Crippen LogP contribution < -0.4 is 10.2 Å². The summed E-state index contributed by atoms with van der Waals surface area (Å²) >= 11 is 0. The maximum atomic E-state index is 11.9. The minimum atomic E-state index is -0.512. The van der Waals surface area contributed by atoms with Crippen molar-refractivity contribution in [3.8, 4) is 0 Å². The lowest BCUT2D eigenvalue weighted by Crippen LogP contribution is -2.30. The van der Waals surface area contributed by atoms with Crippen molar-refractivity contribution in [3.05, 3.63) is 33.9 Å². The minimum absolute atomic E-state index is 0.0437. The van der Waals surface area contributed by atoms with Gasteiger partial charge < -0.3 is 15.3 Å². The third kappa shape index (κ3) is 4.42. The quantitative estimate of drug-likeness (QED) is 0.588. The number of nitro benzene ring substituents is 1. The van der Waals surface area contributed by atoms with Crippen LogP contribution in [0.4, 0.5) is 11.4 Å². The Morgan fingerprint density at radius 3 is 2.62 bits per heavy atom. The van der Waals surface area contributed by atoms with Crippen LogP contribution in [0.2, 0.25) is 0 Å². The second kappa shape index (κ2) is 7.58. The van der Waals surface area contributed by atoms with Crippen LogP contribution in [-0.2, 0) is 0 Å². The summed E-state index contributed by atoms with van der Waals surface area (Å²) in [6.45, 7) is 6.22. The van der Waals surface area contributed by atoms with Gasteiger partial charge in [-0.3, -0.25) is 14.9 Å². The first-order valence-corrected chi connectivity index (χ1v) is 6.85. The molecular weight excluding hydrogens is 274 g/mol. The molecular formula is C14H21N3O4. The number of rotatable bonds is 7. The largest absolute Gasteiger partial charge is 0.395 e. The number of aliphatic hydroxyl groups excluding tert-OH is 1. The van der Waals surface area contributed by atoms with Gasteiger partial charge in [-0.25, -0.2) is 0 Å². The van der Waals surface area contributed by atoms with Crippen LogP contribution in [0.25, 0.3) is 0 Å². The van der Waals surface area contributed by atoms with Gasteiger partial charge in [-0.1, -0.05) is 0 Å². The molecule has 0 spiro atoms. The lowest BCUT2D eigenvalue weighted by Gasteiger charge is -2.22. The van der Waals surface area contributed by atoms with E-state index >= 15 is 0 Å². The van der Waals surface area contributed by atoms with Crippen LogP contribution in [0, 0.1) is 10.1 Å². The molecule has 1 rings (SSSR count). The number of carbonyl (C=O) groups is 1. The molecule has 0 bridgehead atoms. The number of nitrogens with zero attached hydrogens (tertiary/aromatic N) is 2. The fourth-order valence-corrected chi connectivity index (χ4v) is 1.99. The van der Waals surface area contributed by atoms with E-state index in [0.717, 1.165) is 0 Å². The molecule has 0 radical (unpaired) electrons. The van der Waals surface area contributed by atoms with Crippen molar-refractivity contribution >= 4 is 17.3 Å². The van der Waals surface area contributed by atoms with E-state index in [2.05, 4.69) is 5.32 Å². The number of likely N-dealkylation sites (N-methyl/N-ethyl adjacent to an activating group) is 1. The van der Waals surface area contributed by atoms with Crippen LogP contribution in [0.15, 0.2) is 18.2 Å². The number of nitrogens with one attached hydrogen (secondary N) is 1. The van der Waals surface area contributed by atoms with Crippen molar-refractivity contribution in [2.24, 2.45) is 0 Å². The van der Waals surface area contributed by atoms with Crippen LogP contribution in [0.3, 0.4) is 0 Å². The van der Waals surface area contributed by atoms with Crippen LogP contribution in [0.5, 0.6) is 0 Å². The Hall–Kier alpha value is -2.15. The van der Waals surface area contributed by atoms with Gasteiger partial charge in [0.2, 0.25) is 0 Å². The number of benzene rings is 1. The Labute approximate surface area is 123 Å². The second-order valence-electron chi connectivity index (χ2n) is 4.89. The second-order valence-corrected chi connectivity index (χ2v) is 4.89. The summed E-state index contributed by atoms with van der Waals surface area (Å²) in [6.07, 6.45) is 0. The average Bonchev–Trinajstić information content (AvgIpc) is 2.43. The van der Waals surface area contributed by atoms with Gasteiger partial charge in [0.25, 0.3) is 11.6 Å². The molecule has 21 heavy (non-hydrogen) atoms. The van der Waals surface area contributed by atoms with E-state index in [1.807, 2.05) is 20.8 Å². The molecule has 0 aromatic heterocycles. The number of hydrogen-bond donors (Lipinski definition) is 2. The van der Waals surface area contributed by atoms with Crippen molar-refractivity contribution in [2.75, 3.05) is 24.6 Å². The van der Waals surface area contributed by atoms with E-state index in [-0.39, 0.29) is 29.8 Å². The summed E-state index contributed by atoms with van der Waals surface area (Å²) in [5.74, 6) is -0.343. The Kier molecular flexibility index (Phi) is 6.10. The van der Waals surface area contributed by atoms with Gasteiger partial charge in [0.15, 0.2) is 0 Å².